The summed E-state index contributed by atoms with van der Waals surface area (Å²) in [5, 5.41) is 5.41. The van der Waals surface area contributed by atoms with Crippen molar-refractivity contribution >= 4 is 23.2 Å². The Morgan fingerprint density at radius 2 is 1.57 bits per heavy atom. The fourth-order valence-electron chi connectivity index (χ4n) is 2.14. The van der Waals surface area contributed by atoms with Crippen LogP contribution >= 0.6 is 0 Å². The van der Waals surface area contributed by atoms with Crippen LogP contribution in [0.5, 0.6) is 5.75 Å². The van der Waals surface area contributed by atoms with Crippen molar-refractivity contribution < 1.29 is 14.3 Å². The largest absolute Gasteiger partial charge is 0.483 e. The molecule has 2 N–H and O–H groups in total. The fraction of sp³-hybridized carbons (Fsp3) is 0.222. The van der Waals surface area contributed by atoms with Crippen LogP contribution in [0.15, 0.2) is 42.5 Å². The summed E-state index contributed by atoms with van der Waals surface area (Å²) in [6.07, 6.45) is 0. The molecule has 0 aliphatic carbocycles. The molecule has 5 nitrogen and oxygen atoms in total. The second kappa shape index (κ2) is 7.45. The number of rotatable bonds is 5. The Morgan fingerprint density at radius 1 is 0.957 bits per heavy atom. The van der Waals surface area contributed by atoms with E-state index in [0.717, 1.165) is 11.1 Å². The van der Waals surface area contributed by atoms with Gasteiger partial charge in [-0.05, 0) is 49.7 Å². The Hall–Kier alpha value is -2.82. The van der Waals surface area contributed by atoms with Gasteiger partial charge in [-0.3, -0.25) is 9.59 Å². The van der Waals surface area contributed by atoms with Gasteiger partial charge in [-0.15, -0.1) is 0 Å². The number of ether oxygens (including phenoxy) is 1. The monoisotopic (exact) mass is 312 g/mol. The molecular formula is C18H20N2O3. The summed E-state index contributed by atoms with van der Waals surface area (Å²) in [7, 11) is 0. The van der Waals surface area contributed by atoms with Crippen molar-refractivity contribution in [2.75, 3.05) is 17.2 Å². The van der Waals surface area contributed by atoms with Gasteiger partial charge in [0.1, 0.15) is 5.75 Å². The van der Waals surface area contributed by atoms with Gasteiger partial charge in [-0.25, -0.2) is 0 Å². The van der Waals surface area contributed by atoms with Crippen molar-refractivity contribution in [1.29, 1.82) is 0 Å². The normalized spacial score (nSPS) is 10.0. The van der Waals surface area contributed by atoms with Crippen LogP contribution in [0, 0.1) is 13.8 Å². The maximum absolute atomic E-state index is 11.9. The lowest BCUT2D eigenvalue weighted by Crippen LogP contribution is -2.20. The average Bonchev–Trinajstić information content (AvgIpc) is 2.48. The number of aryl methyl sites for hydroxylation is 2. The van der Waals surface area contributed by atoms with E-state index in [1.165, 1.54) is 6.92 Å². The van der Waals surface area contributed by atoms with Gasteiger partial charge in [-0.2, -0.15) is 0 Å². The molecule has 0 aliphatic heterocycles. The van der Waals surface area contributed by atoms with E-state index in [0.29, 0.717) is 17.1 Å². The predicted molar refractivity (Wildman–Crippen MR) is 90.8 cm³/mol. The molecule has 2 aromatic rings. The van der Waals surface area contributed by atoms with E-state index < -0.39 is 0 Å². The predicted octanol–water partition coefficient (Wildman–Crippen LogP) is 3.28. The van der Waals surface area contributed by atoms with E-state index in [4.69, 9.17) is 4.74 Å². The summed E-state index contributed by atoms with van der Waals surface area (Å²) in [5.41, 5.74) is 3.48. The highest BCUT2D eigenvalue weighted by Crippen LogP contribution is 2.19. The fourth-order valence-corrected chi connectivity index (χ4v) is 2.14. The van der Waals surface area contributed by atoms with E-state index >= 15 is 0 Å². The molecule has 120 valence electrons. The molecule has 5 heteroatoms. The number of anilines is 2. The molecule has 2 amide bonds. The van der Waals surface area contributed by atoms with Crippen LogP contribution in [0.1, 0.15) is 18.1 Å². The highest BCUT2D eigenvalue weighted by atomic mass is 16.5. The molecule has 0 unspecified atom stereocenters. The Kier molecular flexibility index (Phi) is 5.36. The van der Waals surface area contributed by atoms with Crippen LogP contribution in [0.25, 0.3) is 0 Å². The van der Waals surface area contributed by atoms with Crippen molar-refractivity contribution in [3.05, 3.63) is 53.6 Å². The molecule has 0 heterocycles. The molecule has 23 heavy (non-hydrogen) atoms. The number of carbonyl (C=O) groups excluding carboxylic acids is 2. The quantitative estimate of drug-likeness (QED) is 0.890. The summed E-state index contributed by atoms with van der Waals surface area (Å²) < 4.78 is 5.53. The number of hydrogen-bond donors (Lipinski definition) is 2. The Morgan fingerprint density at radius 3 is 2.13 bits per heavy atom. The van der Waals surface area contributed by atoms with Crippen molar-refractivity contribution in [2.45, 2.75) is 20.8 Å². The van der Waals surface area contributed by atoms with Crippen LogP contribution in [0.2, 0.25) is 0 Å². The third-order valence-electron chi connectivity index (χ3n) is 3.18. The van der Waals surface area contributed by atoms with Gasteiger partial charge >= 0.3 is 0 Å². The molecule has 0 aliphatic rings. The van der Waals surface area contributed by atoms with Crippen LogP contribution in [0.4, 0.5) is 11.4 Å². The first kappa shape index (κ1) is 16.5. The SMILES string of the molecule is CC(=O)Nc1ccc(NC(=O)COc2ccc(C)cc2C)cc1. The maximum Gasteiger partial charge on any atom is 0.262 e. The first-order chi connectivity index (χ1) is 10.9. The number of benzene rings is 2. The zero-order valence-corrected chi connectivity index (χ0v) is 13.5. The second-order valence-electron chi connectivity index (χ2n) is 5.36. The number of hydrogen-bond acceptors (Lipinski definition) is 3. The molecule has 2 aromatic carbocycles. The first-order valence-corrected chi connectivity index (χ1v) is 7.31. The summed E-state index contributed by atoms with van der Waals surface area (Å²) in [4.78, 5) is 22.9. The molecule has 0 saturated heterocycles. The van der Waals surface area contributed by atoms with Crippen LogP contribution in [-0.4, -0.2) is 18.4 Å². The molecule has 0 aromatic heterocycles. The van der Waals surface area contributed by atoms with Gasteiger partial charge in [0.05, 0.1) is 0 Å². The van der Waals surface area contributed by atoms with Gasteiger partial charge in [0.2, 0.25) is 5.91 Å². The topological polar surface area (TPSA) is 67.4 Å². The number of carbonyl (C=O) groups is 2. The van der Waals surface area contributed by atoms with Gasteiger partial charge in [-0.1, -0.05) is 17.7 Å². The third kappa shape index (κ3) is 5.14. The molecule has 0 bridgehead atoms. The first-order valence-electron chi connectivity index (χ1n) is 7.31. The van der Waals surface area contributed by atoms with Crippen molar-refractivity contribution in [2.24, 2.45) is 0 Å². The van der Waals surface area contributed by atoms with Gasteiger partial charge in [0, 0.05) is 18.3 Å². The summed E-state index contributed by atoms with van der Waals surface area (Å²) in [5.74, 6) is 0.327. The van der Waals surface area contributed by atoms with E-state index in [1.807, 2.05) is 32.0 Å². The molecule has 0 fully saturated rings. The maximum atomic E-state index is 11.9. The molecular weight excluding hydrogens is 292 g/mol. The zero-order chi connectivity index (χ0) is 16.8. The summed E-state index contributed by atoms with van der Waals surface area (Å²) >= 11 is 0. The van der Waals surface area contributed by atoms with E-state index in [-0.39, 0.29) is 18.4 Å². The lowest BCUT2D eigenvalue weighted by atomic mass is 10.1. The highest BCUT2D eigenvalue weighted by Gasteiger charge is 2.06. The van der Waals surface area contributed by atoms with Crippen LogP contribution in [0.3, 0.4) is 0 Å². The minimum Gasteiger partial charge on any atom is -0.483 e. The Labute approximate surface area is 135 Å². The molecule has 0 atom stereocenters. The Bertz CT molecular complexity index is 709. The number of nitrogens with one attached hydrogen (secondary N) is 2. The van der Waals surface area contributed by atoms with Gasteiger partial charge in [0.15, 0.2) is 6.61 Å². The van der Waals surface area contributed by atoms with Crippen molar-refractivity contribution in [3.63, 3.8) is 0 Å². The molecule has 2 rings (SSSR count). The standard InChI is InChI=1S/C18H20N2O3/c1-12-4-9-17(13(2)10-12)23-11-18(22)20-16-7-5-15(6-8-16)19-14(3)21/h4-10H,11H2,1-3H3,(H,19,21)(H,20,22). The smallest absolute Gasteiger partial charge is 0.262 e. The highest BCUT2D eigenvalue weighted by molar-refractivity contribution is 5.93. The molecule has 0 spiro atoms. The van der Waals surface area contributed by atoms with Crippen molar-refractivity contribution in [1.82, 2.24) is 0 Å². The third-order valence-corrected chi connectivity index (χ3v) is 3.18. The summed E-state index contributed by atoms with van der Waals surface area (Å²) in [6.45, 7) is 5.34. The van der Waals surface area contributed by atoms with E-state index in [9.17, 15) is 9.59 Å². The minimum absolute atomic E-state index is 0.0582. The zero-order valence-electron chi connectivity index (χ0n) is 13.5. The molecule has 0 radical (unpaired) electrons. The van der Waals surface area contributed by atoms with Gasteiger partial charge in [0.25, 0.3) is 5.91 Å². The second-order valence-corrected chi connectivity index (χ2v) is 5.36. The average molecular weight is 312 g/mol. The van der Waals surface area contributed by atoms with E-state index in [2.05, 4.69) is 10.6 Å². The lowest BCUT2D eigenvalue weighted by molar-refractivity contribution is -0.118. The minimum atomic E-state index is -0.239. The summed E-state index contributed by atoms with van der Waals surface area (Å²) in [6, 6.07) is 12.7. The van der Waals surface area contributed by atoms with Crippen LogP contribution in [-0.2, 0) is 9.59 Å². The lowest BCUT2D eigenvalue weighted by Gasteiger charge is -2.10. The molecule has 0 saturated carbocycles. The number of amides is 2. The Balaban J connectivity index is 1.88. The van der Waals surface area contributed by atoms with Gasteiger partial charge < -0.3 is 15.4 Å². The van der Waals surface area contributed by atoms with Crippen molar-refractivity contribution in [3.8, 4) is 5.75 Å². The van der Waals surface area contributed by atoms with Crippen LogP contribution < -0.4 is 15.4 Å². The van der Waals surface area contributed by atoms with E-state index in [1.54, 1.807) is 24.3 Å².